The minimum atomic E-state index is 0.0440. The van der Waals surface area contributed by atoms with E-state index in [-0.39, 0.29) is 12.5 Å². The maximum Gasteiger partial charge on any atom is 0.260 e. The third kappa shape index (κ3) is 3.36. The highest BCUT2D eigenvalue weighted by Gasteiger charge is 2.16. The fraction of sp³-hybridized carbons (Fsp3) is 0.429. The molecule has 0 bridgehead atoms. The van der Waals surface area contributed by atoms with Gasteiger partial charge in [0.05, 0.1) is 5.69 Å². The van der Waals surface area contributed by atoms with Gasteiger partial charge in [0, 0.05) is 19.2 Å². The van der Waals surface area contributed by atoms with Gasteiger partial charge in [0.15, 0.2) is 6.61 Å². The number of nitrogens with zero attached hydrogens (tertiary/aromatic N) is 5. The van der Waals surface area contributed by atoms with Gasteiger partial charge in [-0.1, -0.05) is 6.07 Å². The molecule has 0 saturated carbocycles. The summed E-state index contributed by atoms with van der Waals surface area (Å²) in [4.78, 5) is 13.9. The van der Waals surface area contributed by atoms with Crippen LogP contribution in [0.5, 0.6) is 5.75 Å². The summed E-state index contributed by atoms with van der Waals surface area (Å²) in [7, 11) is 0. The zero-order chi connectivity index (χ0) is 14.5. The van der Waals surface area contributed by atoms with Crippen LogP contribution in [-0.2, 0) is 4.79 Å². The Labute approximate surface area is 122 Å². The molecule has 110 valence electrons. The molecule has 0 aliphatic carbocycles. The van der Waals surface area contributed by atoms with Gasteiger partial charge in [-0.2, -0.15) is 0 Å². The van der Waals surface area contributed by atoms with E-state index in [1.165, 1.54) is 12.7 Å². The summed E-state index contributed by atoms with van der Waals surface area (Å²) in [6.45, 7) is 1.75. The number of hydrogen-bond donors (Lipinski definition) is 0. The summed E-state index contributed by atoms with van der Waals surface area (Å²) in [5.41, 5.74) is 0.794. The normalized spacial score (nSPS) is 15.0. The van der Waals surface area contributed by atoms with Gasteiger partial charge in [-0.3, -0.25) is 4.79 Å². The Morgan fingerprint density at radius 3 is 2.86 bits per heavy atom. The largest absolute Gasteiger partial charge is 0.484 e. The first-order valence-electron chi connectivity index (χ1n) is 7.07. The van der Waals surface area contributed by atoms with Gasteiger partial charge in [-0.05, 0) is 41.8 Å². The van der Waals surface area contributed by atoms with Gasteiger partial charge in [0.1, 0.15) is 12.1 Å². The molecule has 0 unspecified atom stereocenters. The molecule has 0 spiro atoms. The van der Waals surface area contributed by atoms with Gasteiger partial charge < -0.3 is 9.64 Å². The van der Waals surface area contributed by atoms with E-state index in [9.17, 15) is 4.79 Å². The van der Waals surface area contributed by atoms with Crippen molar-refractivity contribution >= 4 is 5.91 Å². The van der Waals surface area contributed by atoms with Crippen molar-refractivity contribution in [3.05, 3.63) is 30.6 Å². The summed E-state index contributed by atoms with van der Waals surface area (Å²) in [6, 6.07) is 7.34. The quantitative estimate of drug-likeness (QED) is 0.840. The summed E-state index contributed by atoms with van der Waals surface area (Å²) in [5.74, 6) is 0.677. The van der Waals surface area contributed by atoms with Gasteiger partial charge in [0.2, 0.25) is 0 Å². The van der Waals surface area contributed by atoms with E-state index in [0.29, 0.717) is 5.75 Å². The molecule has 3 rings (SSSR count). The van der Waals surface area contributed by atoms with Crippen molar-refractivity contribution in [3.63, 3.8) is 0 Å². The molecule has 0 atom stereocenters. The molecule has 1 aromatic carbocycles. The second kappa shape index (κ2) is 6.34. The zero-order valence-corrected chi connectivity index (χ0v) is 11.7. The Morgan fingerprint density at radius 1 is 1.24 bits per heavy atom. The van der Waals surface area contributed by atoms with Crippen LogP contribution in [0.1, 0.15) is 19.3 Å². The van der Waals surface area contributed by atoms with Crippen molar-refractivity contribution in [1.29, 1.82) is 0 Å². The lowest BCUT2D eigenvalue weighted by molar-refractivity contribution is -0.134. The van der Waals surface area contributed by atoms with Gasteiger partial charge >= 0.3 is 0 Å². The smallest absolute Gasteiger partial charge is 0.260 e. The highest BCUT2D eigenvalue weighted by atomic mass is 16.5. The number of amides is 1. The van der Waals surface area contributed by atoms with E-state index in [1.54, 1.807) is 10.7 Å². The molecule has 1 aliphatic rings. The van der Waals surface area contributed by atoms with Crippen LogP contribution in [0.3, 0.4) is 0 Å². The molecule has 1 aromatic heterocycles. The highest BCUT2D eigenvalue weighted by molar-refractivity contribution is 5.77. The molecule has 0 radical (unpaired) electrons. The van der Waals surface area contributed by atoms with Crippen LogP contribution in [0.15, 0.2) is 30.6 Å². The number of ether oxygens (including phenoxy) is 1. The van der Waals surface area contributed by atoms with E-state index in [1.807, 2.05) is 23.1 Å². The molecule has 2 heterocycles. The first-order valence-corrected chi connectivity index (χ1v) is 7.07. The number of carbonyl (C=O) groups excluding carboxylic acids is 1. The minimum absolute atomic E-state index is 0.0440. The number of aromatic nitrogens is 4. The average Bonchev–Trinajstić information content (AvgIpc) is 3.08. The molecule has 7 nitrogen and oxygen atoms in total. The Balaban J connectivity index is 1.60. The second-order valence-electron chi connectivity index (χ2n) is 4.98. The van der Waals surface area contributed by atoms with E-state index < -0.39 is 0 Å². The van der Waals surface area contributed by atoms with E-state index >= 15 is 0 Å². The second-order valence-corrected chi connectivity index (χ2v) is 4.98. The molecular formula is C14H17N5O2. The first kappa shape index (κ1) is 13.5. The highest BCUT2D eigenvalue weighted by Crippen LogP contribution is 2.16. The Morgan fingerprint density at radius 2 is 2.10 bits per heavy atom. The molecule has 21 heavy (non-hydrogen) atoms. The van der Waals surface area contributed by atoms with Crippen molar-refractivity contribution in [3.8, 4) is 11.4 Å². The van der Waals surface area contributed by atoms with Crippen LogP contribution in [-0.4, -0.2) is 50.7 Å². The van der Waals surface area contributed by atoms with Crippen LogP contribution in [0.4, 0.5) is 0 Å². The Bertz CT molecular complexity index is 593. The lowest BCUT2D eigenvalue weighted by Gasteiger charge is -2.26. The van der Waals surface area contributed by atoms with Gasteiger partial charge in [-0.25, -0.2) is 4.68 Å². The first-order chi connectivity index (χ1) is 10.3. The van der Waals surface area contributed by atoms with Crippen molar-refractivity contribution in [2.24, 2.45) is 0 Å². The fourth-order valence-corrected chi connectivity index (χ4v) is 2.38. The molecule has 1 aliphatic heterocycles. The predicted molar refractivity (Wildman–Crippen MR) is 75.1 cm³/mol. The maximum atomic E-state index is 12.0. The van der Waals surface area contributed by atoms with Crippen LogP contribution >= 0.6 is 0 Å². The van der Waals surface area contributed by atoms with Gasteiger partial charge in [0.25, 0.3) is 5.91 Å². The third-order valence-corrected chi connectivity index (χ3v) is 3.50. The Hall–Kier alpha value is -2.44. The SMILES string of the molecule is O=C(COc1cccc(-n2cnnn2)c1)N1CCCCC1. The summed E-state index contributed by atoms with van der Waals surface area (Å²) >= 11 is 0. The van der Waals surface area contributed by atoms with Crippen molar-refractivity contribution < 1.29 is 9.53 Å². The standard InChI is InChI=1S/C14H17N5O2/c20-14(18-7-2-1-3-8-18)10-21-13-6-4-5-12(9-13)19-11-15-16-17-19/h4-6,9,11H,1-3,7-8,10H2. The van der Waals surface area contributed by atoms with E-state index in [4.69, 9.17) is 4.74 Å². The van der Waals surface area contributed by atoms with Crippen molar-refractivity contribution in [1.82, 2.24) is 25.1 Å². The molecule has 1 fully saturated rings. The summed E-state index contributed by atoms with van der Waals surface area (Å²) in [6.07, 6.45) is 4.89. The fourth-order valence-electron chi connectivity index (χ4n) is 2.38. The number of hydrogen-bond acceptors (Lipinski definition) is 5. The summed E-state index contributed by atoms with van der Waals surface area (Å²) < 4.78 is 7.13. The molecule has 1 saturated heterocycles. The number of rotatable bonds is 4. The molecule has 7 heteroatoms. The summed E-state index contributed by atoms with van der Waals surface area (Å²) in [5, 5.41) is 11.0. The van der Waals surface area contributed by atoms with Crippen molar-refractivity contribution in [2.45, 2.75) is 19.3 Å². The predicted octanol–water partition coefficient (Wildman–Crippen LogP) is 1.05. The maximum absolute atomic E-state index is 12.0. The number of likely N-dealkylation sites (tertiary alicyclic amines) is 1. The molecule has 2 aromatic rings. The van der Waals surface area contributed by atoms with Crippen LogP contribution < -0.4 is 4.74 Å². The molecule has 0 N–H and O–H groups in total. The lowest BCUT2D eigenvalue weighted by Crippen LogP contribution is -2.38. The van der Waals surface area contributed by atoms with Gasteiger partial charge in [-0.15, -0.1) is 5.10 Å². The average molecular weight is 287 g/mol. The zero-order valence-electron chi connectivity index (χ0n) is 11.7. The number of tetrazole rings is 1. The third-order valence-electron chi connectivity index (χ3n) is 3.50. The van der Waals surface area contributed by atoms with Crippen LogP contribution in [0, 0.1) is 0 Å². The monoisotopic (exact) mass is 287 g/mol. The number of benzene rings is 1. The molecule has 1 amide bonds. The molecular weight excluding hydrogens is 270 g/mol. The minimum Gasteiger partial charge on any atom is -0.484 e. The van der Waals surface area contributed by atoms with Crippen LogP contribution in [0.25, 0.3) is 5.69 Å². The van der Waals surface area contributed by atoms with E-state index in [0.717, 1.165) is 31.6 Å². The van der Waals surface area contributed by atoms with Crippen molar-refractivity contribution in [2.75, 3.05) is 19.7 Å². The number of piperidine rings is 1. The van der Waals surface area contributed by atoms with E-state index in [2.05, 4.69) is 15.5 Å². The lowest BCUT2D eigenvalue weighted by atomic mass is 10.1. The Kier molecular flexibility index (Phi) is 4.09. The number of carbonyl (C=O) groups is 1. The topological polar surface area (TPSA) is 73.1 Å². The van der Waals surface area contributed by atoms with Crippen LogP contribution in [0.2, 0.25) is 0 Å².